The maximum absolute atomic E-state index is 12.6. The van der Waals surface area contributed by atoms with Gasteiger partial charge in [0.25, 0.3) is 0 Å². The van der Waals surface area contributed by atoms with Crippen LogP contribution in [0.2, 0.25) is 0 Å². The maximum atomic E-state index is 12.6. The van der Waals surface area contributed by atoms with Crippen LogP contribution < -0.4 is 5.32 Å². The lowest BCUT2D eigenvalue weighted by atomic mass is 10.0. The fraction of sp³-hybridized carbons (Fsp3) is 0.862. The summed E-state index contributed by atoms with van der Waals surface area (Å²) < 4.78 is 5.50. The Labute approximate surface area is 581 Å². The summed E-state index contributed by atoms with van der Waals surface area (Å²) in [4.78, 5) is 24.7. The number of hydrogen-bond donors (Lipinski definition) is 3. The quantitative estimate of drug-likeness (QED) is 0.0320. The summed E-state index contributed by atoms with van der Waals surface area (Å²) in [6.07, 6.45) is 111. The number of carbonyl (C=O) groups is 2. The lowest BCUT2D eigenvalue weighted by Crippen LogP contribution is -2.45. The molecule has 2 atom stereocenters. The predicted octanol–water partition coefficient (Wildman–Crippen LogP) is 28.1. The fourth-order valence-corrected chi connectivity index (χ4v) is 13.1. The van der Waals surface area contributed by atoms with Crippen LogP contribution in [0.1, 0.15) is 457 Å². The van der Waals surface area contributed by atoms with Gasteiger partial charge in [0.2, 0.25) is 5.91 Å². The smallest absolute Gasteiger partial charge is 0.305 e. The molecule has 0 aliphatic rings. The van der Waals surface area contributed by atoms with Crippen LogP contribution in [0.5, 0.6) is 0 Å². The van der Waals surface area contributed by atoms with Crippen LogP contribution in [0.15, 0.2) is 60.8 Å². The number of hydrogen-bond acceptors (Lipinski definition) is 5. The summed E-state index contributed by atoms with van der Waals surface area (Å²) in [5.74, 6) is -0.0519. The van der Waals surface area contributed by atoms with E-state index in [0.717, 1.165) is 57.8 Å². The molecule has 546 valence electrons. The molecule has 2 unspecified atom stereocenters. The molecule has 0 heterocycles. The summed E-state index contributed by atoms with van der Waals surface area (Å²) in [5.41, 5.74) is 0. The van der Waals surface area contributed by atoms with Gasteiger partial charge in [-0.3, -0.25) is 9.59 Å². The van der Waals surface area contributed by atoms with Crippen molar-refractivity contribution in [2.24, 2.45) is 0 Å². The highest BCUT2D eigenvalue weighted by Crippen LogP contribution is 2.20. The van der Waals surface area contributed by atoms with Crippen LogP contribution in [0, 0.1) is 0 Å². The molecule has 6 heteroatoms. The van der Waals surface area contributed by atoms with Gasteiger partial charge in [-0.05, 0) is 96.3 Å². The van der Waals surface area contributed by atoms with Gasteiger partial charge in [0, 0.05) is 12.8 Å². The number of aliphatic hydroxyl groups is 2. The minimum absolute atomic E-state index is 0.00916. The first-order valence-corrected chi connectivity index (χ1v) is 42.1. The number of aliphatic hydroxyl groups excluding tert-OH is 2. The molecule has 6 nitrogen and oxygen atoms in total. The molecule has 0 aromatic heterocycles. The van der Waals surface area contributed by atoms with Crippen LogP contribution in [0.25, 0.3) is 0 Å². The monoisotopic (exact) mass is 1300 g/mol. The van der Waals surface area contributed by atoms with E-state index in [4.69, 9.17) is 4.74 Å². The summed E-state index contributed by atoms with van der Waals surface area (Å²) in [5, 5.41) is 23.3. The molecule has 1 amide bonds. The van der Waals surface area contributed by atoms with Gasteiger partial charge in [0.05, 0.1) is 25.4 Å². The number of carbonyl (C=O) groups excluding carboxylic acids is 2. The predicted molar refractivity (Wildman–Crippen MR) is 412 cm³/mol. The highest BCUT2D eigenvalue weighted by molar-refractivity contribution is 5.76. The first kappa shape index (κ1) is 90.6. The Kier molecular flexibility index (Phi) is 79.8. The normalized spacial score (nSPS) is 12.8. The van der Waals surface area contributed by atoms with Gasteiger partial charge in [-0.2, -0.15) is 0 Å². The first-order chi connectivity index (χ1) is 46.0. The van der Waals surface area contributed by atoms with Crippen LogP contribution in [0.4, 0.5) is 0 Å². The Morgan fingerprint density at radius 3 is 0.839 bits per heavy atom. The van der Waals surface area contributed by atoms with E-state index in [1.54, 1.807) is 6.08 Å². The molecule has 0 bridgehead atoms. The lowest BCUT2D eigenvalue weighted by Gasteiger charge is -2.20. The lowest BCUT2D eigenvalue weighted by molar-refractivity contribution is -0.143. The minimum atomic E-state index is -0.845. The highest BCUT2D eigenvalue weighted by Gasteiger charge is 2.18. The maximum Gasteiger partial charge on any atom is 0.305 e. The number of ether oxygens (including phenoxy) is 1. The Hall–Kier alpha value is -2.44. The number of rotatable bonds is 79. The number of allylic oxidation sites excluding steroid dienone is 9. The van der Waals surface area contributed by atoms with Gasteiger partial charge in [0.1, 0.15) is 0 Å². The van der Waals surface area contributed by atoms with Crippen molar-refractivity contribution in [3.63, 3.8) is 0 Å². The average molecular weight is 1300 g/mol. The number of esters is 1. The van der Waals surface area contributed by atoms with E-state index in [1.165, 1.54) is 372 Å². The second-order valence-electron chi connectivity index (χ2n) is 28.8. The molecule has 0 saturated heterocycles. The zero-order valence-corrected chi connectivity index (χ0v) is 62.8. The minimum Gasteiger partial charge on any atom is -0.466 e. The molecule has 0 radical (unpaired) electrons. The Morgan fingerprint density at radius 2 is 0.538 bits per heavy atom. The molecule has 93 heavy (non-hydrogen) atoms. The van der Waals surface area contributed by atoms with Gasteiger partial charge in [-0.25, -0.2) is 0 Å². The third-order valence-corrected chi connectivity index (χ3v) is 19.5. The van der Waals surface area contributed by atoms with Crippen molar-refractivity contribution >= 4 is 11.9 Å². The number of amides is 1. The second-order valence-corrected chi connectivity index (χ2v) is 28.8. The Balaban J connectivity index is 3.40. The molecule has 0 spiro atoms. The number of unbranched alkanes of at least 4 members (excludes halogenated alkanes) is 60. The van der Waals surface area contributed by atoms with E-state index in [9.17, 15) is 19.8 Å². The third kappa shape index (κ3) is 78.4. The van der Waals surface area contributed by atoms with Gasteiger partial charge >= 0.3 is 5.97 Å². The highest BCUT2D eigenvalue weighted by atomic mass is 16.5. The standard InChI is InChI=1S/C87H163NO5/c1-3-5-7-9-11-13-15-17-19-21-22-23-24-38-41-44-48-51-55-59-63-67-71-75-79-85(90)84(83-89)88-86(91)80-76-72-68-64-60-56-52-49-45-42-39-36-34-32-30-28-26-25-27-29-31-33-35-37-40-43-46-50-54-58-62-66-70-74-78-82-93-87(92)81-77-73-69-65-61-57-53-47-20-18-16-14-12-10-8-6-4-2/h12,14,18,20,27,29,33,35,75,79,84-85,89-90H,3-11,13,15-17,19,21-26,28,30-32,34,36-74,76-78,80-83H2,1-2H3,(H,88,91)/b14-12-,20-18-,29-27-,35-33-,79-75+. The third-order valence-electron chi connectivity index (χ3n) is 19.5. The molecule has 0 saturated carbocycles. The fourth-order valence-electron chi connectivity index (χ4n) is 13.1. The largest absolute Gasteiger partial charge is 0.466 e. The average Bonchev–Trinajstić information content (AvgIpc) is 3.78. The van der Waals surface area contributed by atoms with Crippen LogP contribution in [0.3, 0.4) is 0 Å². The number of nitrogens with one attached hydrogen (secondary N) is 1. The van der Waals surface area contributed by atoms with E-state index in [-0.39, 0.29) is 18.5 Å². The van der Waals surface area contributed by atoms with Crippen LogP contribution >= 0.6 is 0 Å². The van der Waals surface area contributed by atoms with Crippen molar-refractivity contribution in [1.29, 1.82) is 0 Å². The summed E-state index contributed by atoms with van der Waals surface area (Å²) in [6, 6.07) is -0.629. The second kappa shape index (κ2) is 82.0. The van der Waals surface area contributed by atoms with Gasteiger partial charge in [-0.15, -0.1) is 0 Å². The molecular weight excluding hydrogens is 1140 g/mol. The molecule has 0 aromatic carbocycles. The Bertz CT molecular complexity index is 1600. The first-order valence-electron chi connectivity index (χ1n) is 42.1. The molecule has 3 N–H and O–H groups in total. The Morgan fingerprint density at radius 1 is 0.301 bits per heavy atom. The van der Waals surface area contributed by atoms with Gasteiger partial charge in [-0.1, -0.05) is 408 Å². The van der Waals surface area contributed by atoms with E-state index >= 15 is 0 Å². The van der Waals surface area contributed by atoms with Crippen molar-refractivity contribution in [3.8, 4) is 0 Å². The molecule has 0 aliphatic carbocycles. The molecule has 0 rings (SSSR count). The van der Waals surface area contributed by atoms with Gasteiger partial charge in [0.15, 0.2) is 0 Å². The van der Waals surface area contributed by atoms with Crippen molar-refractivity contribution in [2.45, 2.75) is 469 Å². The summed E-state index contributed by atoms with van der Waals surface area (Å²) >= 11 is 0. The zero-order valence-electron chi connectivity index (χ0n) is 62.8. The van der Waals surface area contributed by atoms with Crippen molar-refractivity contribution in [2.75, 3.05) is 13.2 Å². The summed E-state index contributed by atoms with van der Waals surface area (Å²) in [6.45, 7) is 4.92. The molecule has 0 fully saturated rings. The van der Waals surface area contributed by atoms with Crippen molar-refractivity contribution in [1.82, 2.24) is 5.32 Å². The molecule has 0 aromatic rings. The SMILES string of the molecule is CCCCC/C=C\C/C=C\CCCCCCCCCC(=O)OCCCCCCCCCCCCC/C=C\C/C=C\CCCCCCCCCCCCCCCCCCCC(=O)NC(CO)C(O)/C=C/CCCCCCCCCCCCCCCCCCCCCCCC. The van der Waals surface area contributed by atoms with Crippen molar-refractivity contribution in [3.05, 3.63) is 60.8 Å². The van der Waals surface area contributed by atoms with Gasteiger partial charge < -0.3 is 20.3 Å². The van der Waals surface area contributed by atoms with E-state index in [0.29, 0.717) is 19.4 Å². The molecule has 0 aliphatic heterocycles. The molecular formula is C87H163NO5. The zero-order chi connectivity index (χ0) is 67.0. The van der Waals surface area contributed by atoms with E-state index in [1.807, 2.05) is 6.08 Å². The van der Waals surface area contributed by atoms with E-state index < -0.39 is 12.1 Å². The summed E-state index contributed by atoms with van der Waals surface area (Å²) in [7, 11) is 0. The van der Waals surface area contributed by atoms with Crippen LogP contribution in [-0.4, -0.2) is 47.4 Å². The van der Waals surface area contributed by atoms with E-state index in [2.05, 4.69) is 67.8 Å². The topological polar surface area (TPSA) is 95.9 Å². The van der Waals surface area contributed by atoms with Crippen molar-refractivity contribution < 1.29 is 24.5 Å². The van der Waals surface area contributed by atoms with Crippen LogP contribution in [-0.2, 0) is 14.3 Å².